The molecule has 0 fully saturated rings. The third-order valence-electron chi connectivity index (χ3n) is 0.872. The fourth-order valence-electron chi connectivity index (χ4n) is 0.555. The van der Waals surface area contributed by atoms with Gasteiger partial charge in [0, 0.05) is 6.92 Å². The van der Waals surface area contributed by atoms with Crippen molar-refractivity contribution in [1.82, 2.24) is 0 Å². The summed E-state index contributed by atoms with van der Waals surface area (Å²) in [6, 6.07) is 3.76. The molecule has 10 heavy (non-hydrogen) atoms. The highest BCUT2D eigenvalue weighted by Crippen LogP contribution is 2.26. The number of hydrogen-bond acceptors (Lipinski definition) is 2. The lowest BCUT2D eigenvalue weighted by Gasteiger charge is -1.92. The zero-order valence-electron chi connectivity index (χ0n) is 5.35. The molecule has 4 heteroatoms. The molecular formula is C6H6BrNOS. The van der Waals surface area contributed by atoms with Gasteiger partial charge in [0.1, 0.15) is 0 Å². The third kappa shape index (κ3) is 2.11. The third-order valence-corrected chi connectivity index (χ3v) is 2.41. The highest BCUT2D eigenvalue weighted by molar-refractivity contribution is 9.11. The van der Waals surface area contributed by atoms with Gasteiger partial charge in [0.2, 0.25) is 5.91 Å². The van der Waals surface area contributed by atoms with Crippen molar-refractivity contribution in [2.45, 2.75) is 6.92 Å². The van der Waals surface area contributed by atoms with E-state index in [-0.39, 0.29) is 5.91 Å². The molecule has 54 valence electrons. The average molecular weight is 220 g/mol. The first kappa shape index (κ1) is 7.75. The molecule has 0 aromatic carbocycles. The van der Waals surface area contributed by atoms with Gasteiger partial charge in [-0.3, -0.25) is 4.79 Å². The lowest BCUT2D eigenvalue weighted by Crippen LogP contribution is -2.03. The Morgan fingerprint density at radius 3 is 2.80 bits per heavy atom. The molecule has 1 amide bonds. The van der Waals surface area contributed by atoms with Crippen LogP contribution in [-0.2, 0) is 4.79 Å². The van der Waals surface area contributed by atoms with Crippen LogP contribution >= 0.6 is 27.3 Å². The van der Waals surface area contributed by atoms with Crippen LogP contribution in [-0.4, -0.2) is 5.91 Å². The second-order valence-corrected chi connectivity index (χ2v) is 4.25. The number of nitrogens with one attached hydrogen (secondary N) is 1. The van der Waals surface area contributed by atoms with E-state index in [0.29, 0.717) is 0 Å². The van der Waals surface area contributed by atoms with Crippen molar-refractivity contribution >= 4 is 38.2 Å². The Labute approximate surface area is 71.4 Å². The molecule has 2 nitrogen and oxygen atoms in total. The van der Waals surface area contributed by atoms with Crippen LogP contribution in [0.2, 0.25) is 0 Å². The molecular weight excluding hydrogens is 214 g/mol. The second-order valence-electron chi connectivity index (χ2n) is 1.78. The number of thiophene rings is 1. The van der Waals surface area contributed by atoms with Gasteiger partial charge < -0.3 is 5.32 Å². The number of rotatable bonds is 1. The Morgan fingerprint density at radius 2 is 2.40 bits per heavy atom. The summed E-state index contributed by atoms with van der Waals surface area (Å²) >= 11 is 4.79. The summed E-state index contributed by atoms with van der Waals surface area (Å²) in [5, 5.41) is 3.55. The van der Waals surface area contributed by atoms with Gasteiger partial charge in [0.15, 0.2) is 0 Å². The quantitative estimate of drug-likeness (QED) is 0.773. The number of carbonyl (C=O) groups excluding carboxylic acids is 1. The van der Waals surface area contributed by atoms with E-state index in [1.54, 1.807) is 0 Å². The molecule has 1 aromatic rings. The molecule has 0 saturated heterocycles. The van der Waals surface area contributed by atoms with Crippen LogP contribution in [0, 0.1) is 0 Å². The summed E-state index contributed by atoms with van der Waals surface area (Å²) in [5.74, 6) is -0.0330. The molecule has 0 bridgehead atoms. The maximum Gasteiger partial charge on any atom is 0.221 e. The summed E-state index contributed by atoms with van der Waals surface area (Å²) in [6.45, 7) is 1.49. The molecule has 0 aliphatic rings. The van der Waals surface area contributed by atoms with Crippen molar-refractivity contribution in [1.29, 1.82) is 0 Å². The summed E-state index contributed by atoms with van der Waals surface area (Å²) < 4.78 is 1.02. The Hall–Kier alpha value is -0.350. The SMILES string of the molecule is CC(=O)Nc1ccc(Br)s1. The van der Waals surface area contributed by atoms with Crippen LogP contribution in [0.15, 0.2) is 15.9 Å². The molecule has 0 spiro atoms. The predicted molar refractivity (Wildman–Crippen MR) is 46.3 cm³/mol. The van der Waals surface area contributed by atoms with Crippen molar-refractivity contribution in [3.8, 4) is 0 Å². The minimum absolute atomic E-state index is 0.0330. The number of carbonyl (C=O) groups is 1. The van der Waals surface area contributed by atoms with E-state index in [1.165, 1.54) is 18.3 Å². The standard InChI is InChI=1S/C6H6BrNOS/c1-4(9)8-6-3-2-5(7)10-6/h2-3H,1H3,(H,8,9). The van der Waals surface area contributed by atoms with Crippen LogP contribution in [0.4, 0.5) is 5.00 Å². The Balaban J connectivity index is 2.67. The molecule has 0 aliphatic heterocycles. The second kappa shape index (κ2) is 3.16. The maximum atomic E-state index is 10.5. The zero-order valence-corrected chi connectivity index (χ0v) is 7.75. The summed E-state index contributed by atoms with van der Waals surface area (Å²) in [4.78, 5) is 10.5. The summed E-state index contributed by atoms with van der Waals surface area (Å²) in [6.07, 6.45) is 0. The van der Waals surface area contributed by atoms with Gasteiger partial charge in [-0.1, -0.05) is 0 Å². The van der Waals surface area contributed by atoms with Crippen molar-refractivity contribution in [2.75, 3.05) is 5.32 Å². The minimum Gasteiger partial charge on any atom is -0.318 e. The van der Waals surface area contributed by atoms with Crippen molar-refractivity contribution in [3.05, 3.63) is 15.9 Å². The molecule has 1 N–H and O–H groups in total. The Morgan fingerprint density at radius 1 is 1.70 bits per heavy atom. The maximum absolute atomic E-state index is 10.5. The van der Waals surface area contributed by atoms with Crippen LogP contribution in [0.25, 0.3) is 0 Å². The van der Waals surface area contributed by atoms with E-state index in [2.05, 4.69) is 21.2 Å². The van der Waals surface area contributed by atoms with Gasteiger partial charge in [-0.25, -0.2) is 0 Å². The van der Waals surface area contributed by atoms with E-state index in [0.717, 1.165) is 8.79 Å². The van der Waals surface area contributed by atoms with E-state index in [9.17, 15) is 4.79 Å². The molecule has 1 rings (SSSR count). The van der Waals surface area contributed by atoms with Gasteiger partial charge >= 0.3 is 0 Å². The van der Waals surface area contributed by atoms with E-state index in [4.69, 9.17) is 0 Å². The molecule has 1 heterocycles. The fourth-order valence-corrected chi connectivity index (χ4v) is 1.89. The van der Waals surface area contributed by atoms with Gasteiger partial charge in [-0.05, 0) is 28.1 Å². The van der Waals surface area contributed by atoms with Gasteiger partial charge in [0.25, 0.3) is 0 Å². The first-order chi connectivity index (χ1) is 4.68. The summed E-state index contributed by atoms with van der Waals surface area (Å²) in [5.41, 5.74) is 0. The van der Waals surface area contributed by atoms with Crippen LogP contribution in [0.3, 0.4) is 0 Å². The Bertz CT molecular complexity index is 246. The highest BCUT2D eigenvalue weighted by Gasteiger charge is 1.97. The zero-order chi connectivity index (χ0) is 7.56. The topological polar surface area (TPSA) is 29.1 Å². The fraction of sp³-hybridized carbons (Fsp3) is 0.167. The first-order valence-corrected chi connectivity index (χ1v) is 4.32. The van der Waals surface area contributed by atoms with Crippen molar-refractivity contribution < 1.29 is 4.79 Å². The smallest absolute Gasteiger partial charge is 0.221 e. The summed E-state index contributed by atoms with van der Waals surface area (Å²) in [7, 11) is 0. The molecule has 0 atom stereocenters. The van der Waals surface area contributed by atoms with E-state index in [1.807, 2.05) is 12.1 Å². The predicted octanol–water partition coefficient (Wildman–Crippen LogP) is 2.47. The number of halogens is 1. The molecule has 0 saturated carbocycles. The largest absolute Gasteiger partial charge is 0.318 e. The first-order valence-electron chi connectivity index (χ1n) is 2.71. The van der Waals surface area contributed by atoms with Crippen molar-refractivity contribution in [3.63, 3.8) is 0 Å². The monoisotopic (exact) mass is 219 g/mol. The molecule has 0 radical (unpaired) electrons. The van der Waals surface area contributed by atoms with Crippen LogP contribution < -0.4 is 5.32 Å². The Kier molecular flexibility index (Phi) is 2.45. The average Bonchev–Trinajstić information content (AvgIpc) is 2.13. The van der Waals surface area contributed by atoms with E-state index >= 15 is 0 Å². The molecule has 1 aromatic heterocycles. The van der Waals surface area contributed by atoms with Gasteiger partial charge in [-0.2, -0.15) is 0 Å². The normalized spacial score (nSPS) is 9.40. The van der Waals surface area contributed by atoms with Gasteiger partial charge in [0.05, 0.1) is 8.79 Å². The lowest BCUT2D eigenvalue weighted by atomic mass is 10.6. The number of hydrogen-bond donors (Lipinski definition) is 1. The highest BCUT2D eigenvalue weighted by atomic mass is 79.9. The molecule has 0 unspecified atom stereocenters. The number of anilines is 1. The van der Waals surface area contributed by atoms with Gasteiger partial charge in [-0.15, -0.1) is 11.3 Å². The van der Waals surface area contributed by atoms with Crippen molar-refractivity contribution in [2.24, 2.45) is 0 Å². The van der Waals surface area contributed by atoms with Crippen LogP contribution in [0.5, 0.6) is 0 Å². The molecule has 0 aliphatic carbocycles. The van der Waals surface area contributed by atoms with Crippen LogP contribution in [0.1, 0.15) is 6.92 Å². The number of amides is 1. The lowest BCUT2D eigenvalue weighted by molar-refractivity contribution is -0.114. The minimum atomic E-state index is -0.0330. The van der Waals surface area contributed by atoms with E-state index < -0.39 is 0 Å².